The van der Waals surface area contributed by atoms with Gasteiger partial charge in [0.25, 0.3) is 0 Å². The average molecular weight is 478 g/mol. The smallest absolute Gasteiger partial charge is 0.141 e. The van der Waals surface area contributed by atoms with Crippen LogP contribution in [0.2, 0.25) is 0 Å². The summed E-state index contributed by atoms with van der Waals surface area (Å²) in [5.41, 5.74) is 5.36. The molecule has 9 heteroatoms. The minimum atomic E-state index is -0.235. The average Bonchev–Trinajstić information content (AvgIpc) is 3.56. The van der Waals surface area contributed by atoms with E-state index in [4.69, 9.17) is 19.2 Å². The summed E-state index contributed by atoms with van der Waals surface area (Å²) in [5.74, 6) is 0.806. The molecule has 1 aromatic carbocycles. The molecule has 3 saturated heterocycles. The van der Waals surface area contributed by atoms with Crippen LogP contribution in [0, 0.1) is 6.92 Å². The number of morpholine rings is 1. The first-order chi connectivity index (χ1) is 17.0. The van der Waals surface area contributed by atoms with Gasteiger partial charge in [-0.25, -0.2) is 4.68 Å². The number of fused-ring (bicyclic) bond motifs is 3. The van der Waals surface area contributed by atoms with Crippen LogP contribution in [0.4, 0.5) is 0 Å². The number of hydrogen-bond donors (Lipinski definition) is 1. The molecule has 0 radical (unpaired) electrons. The van der Waals surface area contributed by atoms with Gasteiger partial charge < -0.3 is 19.3 Å². The molecule has 2 atom stereocenters. The van der Waals surface area contributed by atoms with Gasteiger partial charge >= 0.3 is 0 Å². The number of benzene rings is 1. The first kappa shape index (κ1) is 21.7. The Labute approximate surface area is 204 Å². The van der Waals surface area contributed by atoms with E-state index >= 15 is 0 Å². The monoisotopic (exact) mass is 477 g/mol. The van der Waals surface area contributed by atoms with Crippen molar-refractivity contribution in [1.82, 2.24) is 24.9 Å². The molecule has 0 amide bonds. The van der Waals surface area contributed by atoms with Crippen molar-refractivity contribution in [2.75, 3.05) is 33.0 Å². The molecule has 2 bridgehead atoms. The van der Waals surface area contributed by atoms with Crippen molar-refractivity contribution < 1.29 is 19.3 Å². The Morgan fingerprint density at radius 1 is 1.23 bits per heavy atom. The van der Waals surface area contributed by atoms with Crippen molar-refractivity contribution in [3.63, 3.8) is 0 Å². The van der Waals surface area contributed by atoms with Gasteiger partial charge in [0, 0.05) is 28.7 Å². The predicted octanol–water partition coefficient (Wildman–Crippen LogP) is 2.28. The molecule has 5 aliphatic rings. The second-order valence-electron chi connectivity index (χ2n) is 10.8. The third kappa shape index (κ3) is 3.18. The molecule has 1 N–H and O–H groups in total. The van der Waals surface area contributed by atoms with E-state index in [1.165, 1.54) is 11.1 Å². The zero-order valence-electron chi connectivity index (χ0n) is 20.2. The Balaban J connectivity index is 1.12. The van der Waals surface area contributed by atoms with Crippen LogP contribution in [0.15, 0.2) is 24.4 Å². The van der Waals surface area contributed by atoms with Crippen molar-refractivity contribution in [3.05, 3.63) is 46.9 Å². The fraction of sp³-hybridized carbons (Fsp3) is 0.577. The number of pyridine rings is 1. The molecule has 4 fully saturated rings. The molecule has 6 heterocycles. The molecule has 1 aliphatic carbocycles. The molecular formula is C26H31N5O4. The number of aryl methyl sites for hydroxylation is 1. The van der Waals surface area contributed by atoms with E-state index in [1.807, 2.05) is 29.9 Å². The van der Waals surface area contributed by atoms with E-state index in [9.17, 15) is 5.11 Å². The second kappa shape index (κ2) is 7.70. The SMILES string of the molecule is Cc1nc2ccc(O[C@H](C)c3cn(C45CN6C(CO)COCC6(C4)C5)nn3)cc2c2c1COCC2. The van der Waals surface area contributed by atoms with Crippen LogP contribution in [-0.4, -0.2) is 74.5 Å². The van der Waals surface area contributed by atoms with Crippen molar-refractivity contribution in [1.29, 1.82) is 0 Å². The number of nitrogens with zero attached hydrogens (tertiary/aromatic N) is 5. The zero-order chi connectivity index (χ0) is 23.8. The number of aliphatic hydroxyl groups excluding tert-OH is 1. The lowest BCUT2D eigenvalue weighted by atomic mass is 9.67. The molecule has 1 saturated carbocycles. The minimum absolute atomic E-state index is 0.0432. The number of aromatic nitrogens is 4. The van der Waals surface area contributed by atoms with Gasteiger partial charge in [-0.2, -0.15) is 0 Å². The fourth-order valence-electron chi connectivity index (χ4n) is 6.88. The van der Waals surface area contributed by atoms with Crippen molar-refractivity contribution in [2.45, 2.75) is 62.9 Å². The Bertz CT molecular complexity index is 1300. The minimum Gasteiger partial charge on any atom is -0.484 e. The van der Waals surface area contributed by atoms with E-state index < -0.39 is 0 Å². The summed E-state index contributed by atoms with van der Waals surface area (Å²) in [6.07, 6.45) is 4.67. The third-order valence-electron chi connectivity index (χ3n) is 8.57. The van der Waals surface area contributed by atoms with E-state index in [0.717, 1.165) is 67.1 Å². The van der Waals surface area contributed by atoms with Crippen LogP contribution in [0.5, 0.6) is 5.75 Å². The van der Waals surface area contributed by atoms with Crippen LogP contribution < -0.4 is 4.74 Å². The zero-order valence-corrected chi connectivity index (χ0v) is 20.2. The van der Waals surface area contributed by atoms with E-state index in [2.05, 4.69) is 28.2 Å². The summed E-state index contributed by atoms with van der Waals surface area (Å²) in [7, 11) is 0. The van der Waals surface area contributed by atoms with Crippen LogP contribution in [0.25, 0.3) is 10.9 Å². The van der Waals surface area contributed by atoms with Gasteiger partial charge in [-0.05, 0) is 56.9 Å². The molecule has 35 heavy (non-hydrogen) atoms. The summed E-state index contributed by atoms with van der Waals surface area (Å²) < 4.78 is 19.9. The van der Waals surface area contributed by atoms with Gasteiger partial charge in [0.1, 0.15) is 17.5 Å². The van der Waals surface area contributed by atoms with Crippen LogP contribution in [-0.2, 0) is 28.0 Å². The normalized spacial score (nSPS) is 30.5. The molecule has 2 aromatic heterocycles. The Hall–Kier alpha value is -2.59. The predicted molar refractivity (Wildman–Crippen MR) is 127 cm³/mol. The number of rotatable bonds is 5. The summed E-state index contributed by atoms with van der Waals surface area (Å²) in [6.45, 7) is 7.77. The highest BCUT2D eigenvalue weighted by Crippen LogP contribution is 2.59. The highest BCUT2D eigenvalue weighted by atomic mass is 16.5. The number of aliphatic hydroxyl groups is 1. The molecular weight excluding hydrogens is 446 g/mol. The van der Waals surface area contributed by atoms with Crippen molar-refractivity contribution in [2.24, 2.45) is 0 Å². The lowest BCUT2D eigenvalue weighted by molar-refractivity contribution is -0.110. The van der Waals surface area contributed by atoms with Gasteiger partial charge in [-0.3, -0.25) is 9.88 Å². The Morgan fingerprint density at radius 3 is 2.97 bits per heavy atom. The maximum absolute atomic E-state index is 9.80. The van der Waals surface area contributed by atoms with Gasteiger partial charge in [-0.1, -0.05) is 5.21 Å². The summed E-state index contributed by atoms with van der Waals surface area (Å²) in [5, 5.41) is 20.0. The molecule has 1 unspecified atom stereocenters. The second-order valence-corrected chi connectivity index (χ2v) is 10.8. The van der Waals surface area contributed by atoms with Gasteiger partial charge in [0.15, 0.2) is 0 Å². The van der Waals surface area contributed by atoms with Gasteiger partial charge in [0.2, 0.25) is 0 Å². The van der Waals surface area contributed by atoms with Gasteiger partial charge in [-0.15, -0.1) is 5.10 Å². The Kier molecular flexibility index (Phi) is 4.77. The standard InChI is InChI=1S/C26H31N5O4/c1-16-22-11-33-6-5-20(22)21-7-19(3-4-23(21)27-16)35-17(2)24-8-31(29-28-24)25-12-26(13-25)15-34-10-18(9-32)30(26)14-25/h3-4,7-8,17-18,32H,5-6,9-15H2,1-2H3/t17-,18?,25?,26?/m1/s1. The maximum Gasteiger partial charge on any atom is 0.141 e. The summed E-state index contributed by atoms with van der Waals surface area (Å²) in [6, 6.07) is 6.20. The number of ether oxygens (including phenoxy) is 3. The van der Waals surface area contributed by atoms with Crippen LogP contribution >= 0.6 is 0 Å². The fourth-order valence-corrected chi connectivity index (χ4v) is 6.88. The lowest BCUT2D eigenvalue weighted by Crippen LogP contribution is -2.62. The highest BCUT2D eigenvalue weighted by Gasteiger charge is 2.69. The molecule has 3 aromatic rings. The first-order valence-corrected chi connectivity index (χ1v) is 12.5. The third-order valence-corrected chi connectivity index (χ3v) is 8.57. The lowest BCUT2D eigenvalue weighted by Gasteiger charge is -2.51. The number of hydrogen-bond acceptors (Lipinski definition) is 8. The van der Waals surface area contributed by atoms with E-state index in [-0.39, 0.29) is 29.8 Å². The molecule has 1 spiro atoms. The van der Waals surface area contributed by atoms with Crippen molar-refractivity contribution >= 4 is 10.9 Å². The quantitative estimate of drug-likeness (QED) is 0.598. The van der Waals surface area contributed by atoms with Crippen LogP contribution in [0.1, 0.15) is 48.4 Å². The molecule has 4 aliphatic heterocycles. The maximum atomic E-state index is 9.80. The van der Waals surface area contributed by atoms with E-state index in [0.29, 0.717) is 13.2 Å². The highest BCUT2D eigenvalue weighted by molar-refractivity contribution is 5.85. The van der Waals surface area contributed by atoms with E-state index in [1.54, 1.807) is 0 Å². The summed E-state index contributed by atoms with van der Waals surface area (Å²) in [4.78, 5) is 7.22. The Morgan fingerprint density at radius 2 is 2.11 bits per heavy atom. The van der Waals surface area contributed by atoms with Crippen LogP contribution in [0.3, 0.4) is 0 Å². The summed E-state index contributed by atoms with van der Waals surface area (Å²) >= 11 is 0. The molecule has 9 nitrogen and oxygen atoms in total. The van der Waals surface area contributed by atoms with Crippen molar-refractivity contribution in [3.8, 4) is 5.75 Å². The molecule has 8 rings (SSSR count). The molecule has 184 valence electrons. The topological polar surface area (TPSA) is 94.8 Å². The van der Waals surface area contributed by atoms with Gasteiger partial charge in [0.05, 0.1) is 56.3 Å². The largest absolute Gasteiger partial charge is 0.484 e. The first-order valence-electron chi connectivity index (χ1n) is 12.5.